The van der Waals surface area contributed by atoms with E-state index in [1.165, 1.54) is 0 Å². The maximum Gasteiger partial charge on any atom is 0.410 e. The van der Waals surface area contributed by atoms with Crippen LogP contribution in [0.15, 0.2) is 17.0 Å². The molecule has 0 aliphatic carbocycles. The lowest BCUT2D eigenvalue weighted by atomic mass is 10.0. The fourth-order valence-electron chi connectivity index (χ4n) is 2.97. The van der Waals surface area contributed by atoms with Crippen LogP contribution in [0.25, 0.3) is 0 Å². The summed E-state index contributed by atoms with van der Waals surface area (Å²) in [6.45, 7) is 10.1. The molecule has 1 heterocycles. The van der Waals surface area contributed by atoms with E-state index in [2.05, 4.69) is 4.72 Å². The monoisotopic (exact) mass is 340 g/mol. The zero-order valence-corrected chi connectivity index (χ0v) is 15.1. The molecule has 1 aromatic rings. The summed E-state index contributed by atoms with van der Waals surface area (Å²) in [5.74, 6) is 0. The average Bonchev–Trinajstić information content (AvgIpc) is 2.82. The van der Waals surface area contributed by atoms with Gasteiger partial charge in [-0.15, -0.1) is 0 Å². The average molecular weight is 340 g/mol. The summed E-state index contributed by atoms with van der Waals surface area (Å²) in [5, 5.41) is 0. The molecule has 0 bridgehead atoms. The van der Waals surface area contributed by atoms with E-state index in [1.54, 1.807) is 18.7 Å². The zero-order chi connectivity index (χ0) is 17.4. The minimum Gasteiger partial charge on any atom is -0.448 e. The topological polar surface area (TPSA) is 75.7 Å². The number of hydrogen-bond acceptors (Lipinski definition) is 4. The minimum atomic E-state index is -3.65. The molecule has 2 rings (SSSR count). The molecule has 0 saturated carbocycles. The van der Waals surface area contributed by atoms with E-state index in [9.17, 15) is 13.2 Å². The number of nitrogens with one attached hydrogen (secondary N) is 1. The molecular weight excluding hydrogens is 316 g/mol. The molecule has 0 spiro atoms. The van der Waals surface area contributed by atoms with Gasteiger partial charge in [0.05, 0.1) is 17.0 Å². The predicted octanol–water partition coefficient (Wildman–Crippen LogP) is 2.12. The highest BCUT2D eigenvalue weighted by molar-refractivity contribution is 7.89. The van der Waals surface area contributed by atoms with Crippen LogP contribution in [0, 0.1) is 20.8 Å². The number of nitrogens with zero attached hydrogens (tertiary/aromatic N) is 1. The molecule has 0 atom stereocenters. The van der Waals surface area contributed by atoms with Crippen LogP contribution >= 0.6 is 0 Å². The van der Waals surface area contributed by atoms with E-state index in [4.69, 9.17) is 4.74 Å². The maximum atomic E-state index is 12.7. The first-order valence-corrected chi connectivity index (χ1v) is 9.05. The largest absolute Gasteiger partial charge is 0.448 e. The quantitative estimate of drug-likeness (QED) is 0.891. The number of carbonyl (C=O) groups is 1. The summed E-state index contributed by atoms with van der Waals surface area (Å²) in [6.07, 6.45) is -0.406. The number of hydrogen-bond donors (Lipinski definition) is 1. The zero-order valence-electron chi connectivity index (χ0n) is 14.3. The van der Waals surface area contributed by atoms with Crippen molar-refractivity contribution in [3.05, 3.63) is 28.8 Å². The van der Waals surface area contributed by atoms with E-state index >= 15 is 0 Å². The molecule has 128 valence electrons. The third-order valence-electron chi connectivity index (χ3n) is 4.06. The van der Waals surface area contributed by atoms with Gasteiger partial charge in [-0.3, -0.25) is 4.90 Å². The van der Waals surface area contributed by atoms with Gasteiger partial charge in [-0.05, 0) is 45.7 Å². The molecule has 1 aliphatic rings. The van der Waals surface area contributed by atoms with Crippen LogP contribution in [-0.4, -0.2) is 44.6 Å². The number of amides is 1. The summed E-state index contributed by atoms with van der Waals surface area (Å²) in [4.78, 5) is 13.5. The van der Waals surface area contributed by atoms with Crippen molar-refractivity contribution in [3.8, 4) is 0 Å². The molecule has 0 unspecified atom stereocenters. The standard InChI is InChI=1S/C16H24N2O4S/c1-11-8-12(2)14(13(3)9-11)23(20,21)17-10-16(4,5)18-6-7-22-15(18)19/h8-9,17H,6-7,10H2,1-5H3. The molecule has 0 aromatic heterocycles. The Morgan fingerprint density at radius 3 is 2.26 bits per heavy atom. The molecule has 6 nitrogen and oxygen atoms in total. The fourth-order valence-corrected chi connectivity index (χ4v) is 4.63. The van der Waals surface area contributed by atoms with Gasteiger partial charge in [-0.25, -0.2) is 17.9 Å². The lowest BCUT2D eigenvalue weighted by Crippen LogP contribution is -2.52. The van der Waals surface area contributed by atoms with Crippen molar-refractivity contribution >= 4 is 16.1 Å². The van der Waals surface area contributed by atoms with Crippen LogP contribution in [-0.2, 0) is 14.8 Å². The highest BCUT2D eigenvalue weighted by Crippen LogP contribution is 2.23. The smallest absolute Gasteiger partial charge is 0.410 e. The van der Waals surface area contributed by atoms with Gasteiger partial charge in [-0.1, -0.05) is 17.7 Å². The van der Waals surface area contributed by atoms with Crippen molar-refractivity contribution in [3.63, 3.8) is 0 Å². The molecule has 7 heteroatoms. The van der Waals surface area contributed by atoms with Gasteiger partial charge in [-0.2, -0.15) is 0 Å². The summed E-state index contributed by atoms with van der Waals surface area (Å²) in [7, 11) is -3.65. The third kappa shape index (κ3) is 3.67. The van der Waals surface area contributed by atoms with Crippen molar-refractivity contribution < 1.29 is 17.9 Å². The van der Waals surface area contributed by atoms with Crippen LogP contribution in [0.2, 0.25) is 0 Å². The molecule has 0 radical (unpaired) electrons. The Morgan fingerprint density at radius 2 is 1.78 bits per heavy atom. The lowest BCUT2D eigenvalue weighted by molar-refractivity contribution is 0.127. The Kier molecular flexibility index (Phi) is 4.73. The summed E-state index contributed by atoms with van der Waals surface area (Å²) < 4.78 is 32.9. The summed E-state index contributed by atoms with van der Waals surface area (Å²) >= 11 is 0. The van der Waals surface area contributed by atoms with Crippen LogP contribution in [0.1, 0.15) is 30.5 Å². The van der Waals surface area contributed by atoms with Gasteiger partial charge in [0.1, 0.15) is 6.61 Å². The van der Waals surface area contributed by atoms with Gasteiger partial charge < -0.3 is 4.74 Å². The molecule has 1 fully saturated rings. The number of rotatable bonds is 5. The molecule has 1 saturated heterocycles. The first-order chi connectivity index (χ1) is 10.5. The molecule has 23 heavy (non-hydrogen) atoms. The van der Waals surface area contributed by atoms with E-state index in [1.807, 2.05) is 32.9 Å². The molecule has 1 N–H and O–H groups in total. The maximum absolute atomic E-state index is 12.7. The van der Waals surface area contributed by atoms with Crippen LogP contribution in [0.4, 0.5) is 4.79 Å². The number of cyclic esters (lactones) is 1. The Labute approximate surface area is 137 Å². The molecule has 1 aromatic carbocycles. The highest BCUT2D eigenvalue weighted by atomic mass is 32.2. The number of benzene rings is 1. The van der Waals surface area contributed by atoms with Crippen LogP contribution in [0.5, 0.6) is 0 Å². The summed E-state index contributed by atoms with van der Waals surface area (Å²) in [5.41, 5.74) is 1.80. The fraction of sp³-hybridized carbons (Fsp3) is 0.562. The second-order valence-electron chi connectivity index (χ2n) is 6.63. The number of ether oxygens (including phenoxy) is 1. The van der Waals surface area contributed by atoms with Crippen LogP contribution in [0.3, 0.4) is 0 Å². The van der Waals surface area contributed by atoms with E-state index in [-0.39, 0.29) is 6.54 Å². The number of aryl methyl sites for hydroxylation is 3. The Morgan fingerprint density at radius 1 is 1.22 bits per heavy atom. The second-order valence-corrected chi connectivity index (χ2v) is 8.33. The molecular formula is C16H24N2O4S. The van der Waals surface area contributed by atoms with E-state index < -0.39 is 21.7 Å². The van der Waals surface area contributed by atoms with Crippen molar-refractivity contribution in [2.75, 3.05) is 19.7 Å². The van der Waals surface area contributed by atoms with Gasteiger partial charge in [0.15, 0.2) is 0 Å². The SMILES string of the molecule is Cc1cc(C)c(S(=O)(=O)NCC(C)(C)N2CCOC2=O)c(C)c1. The Hall–Kier alpha value is -1.60. The van der Waals surface area contributed by atoms with Crippen molar-refractivity contribution in [1.29, 1.82) is 0 Å². The first kappa shape index (κ1) is 17.7. The number of carbonyl (C=O) groups excluding carboxylic acids is 1. The van der Waals surface area contributed by atoms with Crippen molar-refractivity contribution in [2.45, 2.75) is 45.1 Å². The molecule has 1 amide bonds. The Balaban J connectivity index is 2.21. The third-order valence-corrected chi connectivity index (χ3v) is 5.77. The van der Waals surface area contributed by atoms with Crippen molar-refractivity contribution in [2.24, 2.45) is 0 Å². The minimum absolute atomic E-state index is 0.122. The van der Waals surface area contributed by atoms with E-state index in [0.717, 1.165) is 5.56 Å². The van der Waals surface area contributed by atoms with Crippen molar-refractivity contribution in [1.82, 2.24) is 9.62 Å². The van der Waals surface area contributed by atoms with Gasteiger partial charge in [0.2, 0.25) is 10.0 Å². The molecule has 1 aliphatic heterocycles. The normalized spacial score (nSPS) is 15.9. The number of sulfonamides is 1. The lowest BCUT2D eigenvalue weighted by Gasteiger charge is -2.33. The van der Waals surface area contributed by atoms with Gasteiger partial charge in [0, 0.05) is 6.54 Å². The second kappa shape index (κ2) is 6.13. The van der Waals surface area contributed by atoms with E-state index in [0.29, 0.717) is 29.2 Å². The van der Waals surface area contributed by atoms with Gasteiger partial charge in [0.25, 0.3) is 0 Å². The highest BCUT2D eigenvalue weighted by Gasteiger charge is 2.36. The van der Waals surface area contributed by atoms with Crippen LogP contribution < -0.4 is 4.72 Å². The summed E-state index contributed by atoms with van der Waals surface area (Å²) in [6, 6.07) is 3.70. The van der Waals surface area contributed by atoms with Gasteiger partial charge >= 0.3 is 6.09 Å². The Bertz CT molecular complexity index is 703. The predicted molar refractivity (Wildman–Crippen MR) is 88.0 cm³/mol. The first-order valence-electron chi connectivity index (χ1n) is 7.56.